The first kappa shape index (κ1) is 19.4. The van der Waals surface area contributed by atoms with Gasteiger partial charge >= 0.3 is 0 Å². The maximum Gasteiger partial charge on any atom is 0.215 e. The first-order valence-corrected chi connectivity index (χ1v) is 10.1. The zero-order valence-corrected chi connectivity index (χ0v) is 17.8. The molecular formula is C20H21BrN8. The van der Waals surface area contributed by atoms with Crippen LogP contribution in [0.4, 0.5) is 5.69 Å². The van der Waals surface area contributed by atoms with E-state index in [2.05, 4.69) is 58.3 Å². The highest BCUT2D eigenvalue weighted by Gasteiger charge is 2.41. The SMILES string of the molecule is Cc1c[nH]c2ncnc(C3(C)CNCCN3C(=NC#N)Nc3cccc(Br)c3)c12. The van der Waals surface area contributed by atoms with Gasteiger partial charge in [-0.05, 0) is 37.6 Å². The molecule has 0 aliphatic carbocycles. The van der Waals surface area contributed by atoms with Crippen molar-refractivity contribution in [1.29, 1.82) is 5.26 Å². The number of hydrogen-bond donors (Lipinski definition) is 3. The molecule has 29 heavy (non-hydrogen) atoms. The number of hydrogen-bond acceptors (Lipinski definition) is 5. The molecule has 0 radical (unpaired) electrons. The molecule has 1 atom stereocenters. The molecule has 0 bridgehead atoms. The molecule has 9 heteroatoms. The summed E-state index contributed by atoms with van der Waals surface area (Å²) in [5.74, 6) is 0.495. The van der Waals surface area contributed by atoms with Crippen LogP contribution in [0.5, 0.6) is 0 Å². The largest absolute Gasteiger partial charge is 0.346 e. The summed E-state index contributed by atoms with van der Waals surface area (Å²) in [4.78, 5) is 18.5. The Morgan fingerprint density at radius 1 is 1.41 bits per heavy atom. The Morgan fingerprint density at radius 3 is 3.07 bits per heavy atom. The number of nitrogens with zero attached hydrogens (tertiary/aromatic N) is 5. The number of aryl methyl sites for hydroxylation is 1. The lowest BCUT2D eigenvalue weighted by molar-refractivity contribution is 0.150. The van der Waals surface area contributed by atoms with Gasteiger partial charge in [0, 0.05) is 41.4 Å². The highest BCUT2D eigenvalue weighted by molar-refractivity contribution is 9.10. The van der Waals surface area contributed by atoms with Gasteiger partial charge < -0.3 is 20.5 Å². The number of nitrogens with one attached hydrogen (secondary N) is 3. The van der Waals surface area contributed by atoms with Gasteiger partial charge in [0.1, 0.15) is 12.0 Å². The van der Waals surface area contributed by atoms with Gasteiger partial charge in [0.2, 0.25) is 12.2 Å². The number of rotatable bonds is 2. The fraction of sp³-hybridized carbons (Fsp3) is 0.300. The first-order valence-electron chi connectivity index (χ1n) is 9.30. The van der Waals surface area contributed by atoms with Gasteiger partial charge in [0.05, 0.1) is 11.2 Å². The maximum atomic E-state index is 9.36. The number of halogens is 1. The Labute approximate surface area is 177 Å². The Balaban J connectivity index is 1.80. The van der Waals surface area contributed by atoms with Crippen LogP contribution < -0.4 is 10.6 Å². The van der Waals surface area contributed by atoms with Crippen LogP contribution in [0.3, 0.4) is 0 Å². The second kappa shape index (κ2) is 7.81. The zero-order chi connectivity index (χ0) is 20.4. The number of nitriles is 1. The molecule has 2 aromatic heterocycles. The van der Waals surface area contributed by atoms with E-state index in [0.29, 0.717) is 19.0 Å². The van der Waals surface area contributed by atoms with Crippen molar-refractivity contribution in [3.63, 3.8) is 0 Å². The van der Waals surface area contributed by atoms with E-state index in [9.17, 15) is 5.26 Å². The minimum absolute atomic E-state index is 0.495. The van der Waals surface area contributed by atoms with Crippen LogP contribution in [0.25, 0.3) is 11.0 Å². The minimum Gasteiger partial charge on any atom is -0.346 e. The van der Waals surface area contributed by atoms with Gasteiger partial charge in [-0.25, -0.2) is 9.97 Å². The number of benzene rings is 1. The molecule has 148 valence electrons. The lowest BCUT2D eigenvalue weighted by Crippen LogP contribution is -2.61. The second-order valence-electron chi connectivity index (χ2n) is 7.19. The van der Waals surface area contributed by atoms with Crippen molar-refractivity contribution in [3.05, 3.63) is 52.5 Å². The predicted octanol–water partition coefficient (Wildman–Crippen LogP) is 3.10. The molecule has 1 aliphatic rings. The summed E-state index contributed by atoms with van der Waals surface area (Å²) < 4.78 is 0.947. The minimum atomic E-state index is -0.527. The Morgan fingerprint density at radius 2 is 2.28 bits per heavy atom. The summed E-state index contributed by atoms with van der Waals surface area (Å²) >= 11 is 3.49. The van der Waals surface area contributed by atoms with E-state index in [0.717, 1.165) is 39.0 Å². The quantitative estimate of drug-likeness (QED) is 0.313. The van der Waals surface area contributed by atoms with Crippen LogP contribution in [-0.4, -0.2) is 45.4 Å². The Hall–Kier alpha value is -2.96. The average Bonchev–Trinajstić information content (AvgIpc) is 3.09. The van der Waals surface area contributed by atoms with Crippen molar-refractivity contribution in [2.45, 2.75) is 19.4 Å². The van der Waals surface area contributed by atoms with Crippen LogP contribution >= 0.6 is 15.9 Å². The first-order chi connectivity index (χ1) is 14.0. The molecule has 4 rings (SSSR count). The molecule has 0 saturated carbocycles. The van der Waals surface area contributed by atoms with E-state index in [-0.39, 0.29) is 0 Å². The Bertz CT molecular complexity index is 1120. The average molecular weight is 453 g/mol. The summed E-state index contributed by atoms with van der Waals surface area (Å²) in [6.07, 6.45) is 5.46. The van der Waals surface area contributed by atoms with Gasteiger partial charge in [-0.2, -0.15) is 5.26 Å². The van der Waals surface area contributed by atoms with Crippen molar-refractivity contribution in [3.8, 4) is 6.19 Å². The molecule has 0 spiro atoms. The van der Waals surface area contributed by atoms with Gasteiger partial charge in [-0.3, -0.25) is 0 Å². The van der Waals surface area contributed by atoms with Crippen molar-refractivity contribution in [1.82, 2.24) is 25.2 Å². The van der Waals surface area contributed by atoms with Crippen molar-refractivity contribution in [2.24, 2.45) is 4.99 Å². The van der Waals surface area contributed by atoms with E-state index in [1.165, 1.54) is 0 Å². The van der Waals surface area contributed by atoms with Gasteiger partial charge in [0.15, 0.2) is 0 Å². The van der Waals surface area contributed by atoms with E-state index in [1.54, 1.807) is 6.33 Å². The smallest absolute Gasteiger partial charge is 0.215 e. The van der Waals surface area contributed by atoms with Gasteiger partial charge in [-0.15, -0.1) is 4.99 Å². The number of aliphatic imine (C=N–C) groups is 1. The number of fused-ring (bicyclic) bond motifs is 1. The fourth-order valence-electron chi connectivity index (χ4n) is 3.84. The maximum absolute atomic E-state index is 9.36. The van der Waals surface area contributed by atoms with E-state index >= 15 is 0 Å². The molecule has 1 fully saturated rings. The van der Waals surface area contributed by atoms with Crippen LogP contribution in [-0.2, 0) is 5.54 Å². The molecular weight excluding hydrogens is 432 g/mol. The number of H-pyrrole nitrogens is 1. The third-order valence-corrected chi connectivity index (χ3v) is 5.74. The van der Waals surface area contributed by atoms with Crippen molar-refractivity contribution in [2.75, 3.05) is 25.0 Å². The normalized spacial score (nSPS) is 19.9. The standard InChI is InChI=1S/C20H21BrN8/c1-13-9-24-18-16(13)17(26-12-27-18)20(2)10-23-6-7-29(20)19(25-11-22)28-15-5-3-4-14(21)8-15/h3-5,8-9,12,23H,6-7,10H2,1-2H3,(H,25,28)(H,24,26,27). The van der Waals surface area contributed by atoms with E-state index < -0.39 is 5.54 Å². The highest BCUT2D eigenvalue weighted by Crippen LogP contribution is 2.34. The molecule has 3 aromatic rings. The van der Waals surface area contributed by atoms with Crippen LogP contribution in [0.2, 0.25) is 0 Å². The summed E-state index contributed by atoms with van der Waals surface area (Å²) in [5, 5.41) is 17.1. The molecule has 0 amide bonds. The molecule has 1 aromatic carbocycles. The number of aromatic nitrogens is 3. The molecule has 1 unspecified atom stereocenters. The van der Waals surface area contributed by atoms with E-state index in [4.69, 9.17) is 0 Å². The molecule has 1 aliphatic heterocycles. The summed E-state index contributed by atoms with van der Waals surface area (Å²) in [5.41, 5.74) is 3.11. The second-order valence-corrected chi connectivity index (χ2v) is 8.11. The molecule has 8 nitrogen and oxygen atoms in total. The molecule has 3 heterocycles. The number of anilines is 1. The highest BCUT2D eigenvalue weighted by atomic mass is 79.9. The monoisotopic (exact) mass is 452 g/mol. The van der Waals surface area contributed by atoms with Crippen molar-refractivity contribution >= 4 is 38.6 Å². The lowest BCUT2D eigenvalue weighted by Gasteiger charge is -2.46. The van der Waals surface area contributed by atoms with Crippen LogP contribution in [0, 0.1) is 18.4 Å². The summed E-state index contributed by atoms with van der Waals surface area (Å²) in [7, 11) is 0. The number of piperazine rings is 1. The fourth-order valence-corrected chi connectivity index (χ4v) is 4.24. The number of aromatic amines is 1. The Kier molecular flexibility index (Phi) is 5.22. The predicted molar refractivity (Wildman–Crippen MR) is 116 cm³/mol. The van der Waals surface area contributed by atoms with Crippen molar-refractivity contribution < 1.29 is 0 Å². The third kappa shape index (κ3) is 3.57. The van der Waals surface area contributed by atoms with Gasteiger partial charge in [0.25, 0.3) is 0 Å². The van der Waals surface area contributed by atoms with Gasteiger partial charge in [-0.1, -0.05) is 22.0 Å². The molecule has 3 N–H and O–H groups in total. The zero-order valence-electron chi connectivity index (χ0n) is 16.2. The van der Waals surface area contributed by atoms with Crippen LogP contribution in [0.15, 0.2) is 46.3 Å². The summed E-state index contributed by atoms with van der Waals surface area (Å²) in [6, 6.07) is 7.78. The van der Waals surface area contributed by atoms with Crippen LogP contribution in [0.1, 0.15) is 18.2 Å². The lowest BCUT2D eigenvalue weighted by atomic mass is 9.90. The molecule has 1 saturated heterocycles. The topological polar surface area (TPSA) is 105 Å². The van der Waals surface area contributed by atoms with E-state index in [1.807, 2.05) is 43.6 Å². The third-order valence-electron chi connectivity index (χ3n) is 5.25. The summed E-state index contributed by atoms with van der Waals surface area (Å²) in [6.45, 7) is 6.27. The number of guanidine groups is 1.